The lowest BCUT2D eigenvalue weighted by molar-refractivity contribution is -0.120. The van der Waals surface area contributed by atoms with Gasteiger partial charge in [0.05, 0.1) is 31.2 Å². The molecule has 9 heteroatoms. The molecule has 0 saturated heterocycles. The number of nitrogens with one attached hydrogen (secondary N) is 2. The van der Waals surface area contributed by atoms with Crippen LogP contribution in [0.15, 0.2) is 53.8 Å². The van der Waals surface area contributed by atoms with Crippen molar-refractivity contribution in [3.63, 3.8) is 0 Å². The highest BCUT2D eigenvalue weighted by molar-refractivity contribution is 7.99. The molecule has 4 aromatic rings. The van der Waals surface area contributed by atoms with Crippen LogP contribution in [0.3, 0.4) is 0 Å². The van der Waals surface area contributed by atoms with E-state index in [-0.39, 0.29) is 5.91 Å². The van der Waals surface area contributed by atoms with Crippen molar-refractivity contribution in [2.75, 3.05) is 37.9 Å². The summed E-state index contributed by atoms with van der Waals surface area (Å²) in [7, 11) is 1.67. The maximum Gasteiger partial charge on any atom is 0.224 e. The first kappa shape index (κ1) is 24.0. The van der Waals surface area contributed by atoms with Crippen molar-refractivity contribution in [3.8, 4) is 0 Å². The number of amides is 1. The smallest absolute Gasteiger partial charge is 0.224 e. The number of benzene rings is 2. The van der Waals surface area contributed by atoms with Crippen LogP contribution in [-0.2, 0) is 22.5 Å². The third-order valence-electron chi connectivity index (χ3n) is 5.39. The molecule has 34 heavy (non-hydrogen) atoms. The number of methoxy groups -OCH3 is 1. The molecular weight excluding hydrogens is 448 g/mol. The summed E-state index contributed by atoms with van der Waals surface area (Å²) in [6, 6.07) is 14.2. The lowest BCUT2D eigenvalue weighted by atomic mass is 10.0. The van der Waals surface area contributed by atoms with Gasteiger partial charge in [0, 0.05) is 26.0 Å². The fraction of sp³-hybridized carbons (Fsp3) is 0.360. The topological polar surface area (TPSA) is 94.0 Å². The van der Waals surface area contributed by atoms with E-state index in [9.17, 15) is 4.79 Å². The Balaban J connectivity index is 1.43. The molecule has 2 aromatic carbocycles. The van der Waals surface area contributed by atoms with Crippen molar-refractivity contribution in [2.24, 2.45) is 0 Å². The van der Waals surface area contributed by atoms with Crippen LogP contribution in [0.5, 0.6) is 0 Å². The first-order valence-corrected chi connectivity index (χ1v) is 12.5. The maximum atomic E-state index is 12.6. The Bertz CT molecular complexity index is 1250. The maximum absolute atomic E-state index is 12.6. The largest absolute Gasteiger partial charge is 0.383 e. The Hall–Kier alpha value is -3.17. The van der Waals surface area contributed by atoms with Gasteiger partial charge >= 0.3 is 0 Å². The minimum absolute atomic E-state index is 0.0106. The second kappa shape index (κ2) is 11.8. The standard InChI is InChI=1S/C25H30N6O2S/c1-3-15-34-25-29-23(27-12-14-33-2)21-17-28-31(24(21)30-25)13-11-26-22(32)16-19-9-6-8-18-7-4-5-10-20(18)19/h4-10,17H,3,11-16H2,1-2H3,(H,26,32)(H,27,29,30). The summed E-state index contributed by atoms with van der Waals surface area (Å²) in [5.41, 5.74) is 1.79. The number of hydrogen-bond donors (Lipinski definition) is 2. The second-order valence-corrected chi connectivity index (χ2v) is 8.95. The number of hydrogen-bond acceptors (Lipinski definition) is 7. The molecule has 0 radical (unpaired) electrons. The zero-order chi connectivity index (χ0) is 23.8. The lowest BCUT2D eigenvalue weighted by Gasteiger charge is -2.10. The van der Waals surface area contributed by atoms with E-state index in [1.54, 1.807) is 25.1 Å². The van der Waals surface area contributed by atoms with Gasteiger partial charge in [0.25, 0.3) is 0 Å². The van der Waals surface area contributed by atoms with Crippen LogP contribution in [0.1, 0.15) is 18.9 Å². The van der Waals surface area contributed by atoms with Gasteiger partial charge in [0.1, 0.15) is 5.82 Å². The van der Waals surface area contributed by atoms with Crippen LogP contribution in [0, 0.1) is 0 Å². The Morgan fingerprint density at radius 2 is 1.94 bits per heavy atom. The third kappa shape index (κ3) is 5.84. The molecule has 0 spiro atoms. The predicted molar refractivity (Wildman–Crippen MR) is 137 cm³/mol. The molecule has 1 amide bonds. The molecule has 2 N–H and O–H groups in total. The molecule has 0 aliphatic carbocycles. The zero-order valence-electron chi connectivity index (χ0n) is 19.6. The van der Waals surface area contributed by atoms with Gasteiger partial charge in [-0.2, -0.15) is 5.10 Å². The van der Waals surface area contributed by atoms with Gasteiger partial charge in [0.15, 0.2) is 10.8 Å². The number of carbonyl (C=O) groups is 1. The SMILES string of the molecule is CCCSc1nc(NCCOC)c2cnn(CCNC(=O)Cc3cccc4ccccc34)c2n1. The Kier molecular flexibility index (Phi) is 8.32. The number of fused-ring (bicyclic) bond motifs is 2. The average molecular weight is 479 g/mol. The van der Waals surface area contributed by atoms with Gasteiger partial charge in [-0.3, -0.25) is 4.79 Å². The van der Waals surface area contributed by atoms with E-state index in [2.05, 4.69) is 45.8 Å². The van der Waals surface area contributed by atoms with Crippen LogP contribution in [0.4, 0.5) is 5.82 Å². The predicted octanol–water partition coefficient (Wildman–Crippen LogP) is 3.90. The number of aromatic nitrogens is 4. The molecule has 178 valence electrons. The first-order valence-electron chi connectivity index (χ1n) is 11.5. The fourth-order valence-corrected chi connectivity index (χ4v) is 4.44. The van der Waals surface area contributed by atoms with Gasteiger partial charge < -0.3 is 15.4 Å². The second-order valence-electron chi connectivity index (χ2n) is 7.89. The highest BCUT2D eigenvalue weighted by Crippen LogP contribution is 2.24. The minimum atomic E-state index is -0.0106. The molecule has 0 aliphatic heterocycles. The molecule has 8 nitrogen and oxygen atoms in total. The molecule has 0 atom stereocenters. The Morgan fingerprint density at radius 1 is 1.09 bits per heavy atom. The fourth-order valence-electron chi connectivity index (χ4n) is 3.75. The van der Waals surface area contributed by atoms with Gasteiger partial charge in [-0.15, -0.1) is 0 Å². The minimum Gasteiger partial charge on any atom is -0.383 e. The number of carbonyl (C=O) groups excluding carboxylic acids is 1. The van der Waals surface area contributed by atoms with E-state index in [0.717, 1.165) is 50.5 Å². The zero-order valence-corrected chi connectivity index (χ0v) is 20.4. The number of rotatable bonds is 12. The third-order valence-corrected chi connectivity index (χ3v) is 6.44. The molecule has 0 saturated carbocycles. The summed E-state index contributed by atoms with van der Waals surface area (Å²) in [5.74, 6) is 1.69. The lowest BCUT2D eigenvalue weighted by Crippen LogP contribution is -2.29. The Morgan fingerprint density at radius 3 is 2.79 bits per heavy atom. The van der Waals surface area contributed by atoms with E-state index in [0.29, 0.717) is 32.7 Å². The van der Waals surface area contributed by atoms with Crippen LogP contribution >= 0.6 is 11.8 Å². The van der Waals surface area contributed by atoms with Gasteiger partial charge in [0.2, 0.25) is 5.91 Å². The normalized spacial score (nSPS) is 11.2. The number of ether oxygens (including phenoxy) is 1. The monoisotopic (exact) mass is 478 g/mol. The van der Waals surface area contributed by atoms with E-state index in [1.807, 2.05) is 28.9 Å². The molecule has 0 aliphatic rings. The van der Waals surface area contributed by atoms with Crippen molar-refractivity contribution in [1.82, 2.24) is 25.1 Å². The number of thioether (sulfide) groups is 1. The van der Waals surface area contributed by atoms with Crippen molar-refractivity contribution in [2.45, 2.75) is 31.5 Å². The van der Waals surface area contributed by atoms with E-state index in [1.165, 1.54) is 0 Å². The van der Waals surface area contributed by atoms with Crippen molar-refractivity contribution in [3.05, 3.63) is 54.2 Å². The summed E-state index contributed by atoms with van der Waals surface area (Å²) in [5, 5.41) is 14.7. The summed E-state index contributed by atoms with van der Waals surface area (Å²) < 4.78 is 6.97. The number of nitrogens with zero attached hydrogens (tertiary/aromatic N) is 4. The van der Waals surface area contributed by atoms with Crippen molar-refractivity contribution < 1.29 is 9.53 Å². The van der Waals surface area contributed by atoms with Gasteiger partial charge in [-0.1, -0.05) is 61.2 Å². The quantitative estimate of drug-likeness (QED) is 0.181. The van der Waals surface area contributed by atoms with Crippen molar-refractivity contribution in [1.29, 1.82) is 0 Å². The summed E-state index contributed by atoms with van der Waals surface area (Å²) in [6.07, 6.45) is 3.16. The molecular formula is C25H30N6O2S. The van der Waals surface area contributed by atoms with Crippen LogP contribution in [0.2, 0.25) is 0 Å². The highest BCUT2D eigenvalue weighted by atomic mass is 32.2. The molecule has 4 rings (SSSR count). The molecule has 2 heterocycles. The Labute approximate surface area is 203 Å². The van der Waals surface area contributed by atoms with Crippen LogP contribution < -0.4 is 10.6 Å². The summed E-state index contributed by atoms with van der Waals surface area (Å²) in [6.45, 7) is 4.36. The van der Waals surface area contributed by atoms with Gasteiger partial charge in [-0.25, -0.2) is 14.6 Å². The van der Waals surface area contributed by atoms with E-state index >= 15 is 0 Å². The summed E-state index contributed by atoms with van der Waals surface area (Å²) in [4.78, 5) is 22.0. The molecule has 0 bridgehead atoms. The summed E-state index contributed by atoms with van der Waals surface area (Å²) >= 11 is 1.63. The molecule has 2 aromatic heterocycles. The van der Waals surface area contributed by atoms with E-state index < -0.39 is 0 Å². The first-order chi connectivity index (χ1) is 16.7. The molecule has 0 unspecified atom stereocenters. The number of anilines is 1. The van der Waals surface area contributed by atoms with Crippen molar-refractivity contribution >= 4 is 45.3 Å². The highest BCUT2D eigenvalue weighted by Gasteiger charge is 2.14. The van der Waals surface area contributed by atoms with Crippen LogP contribution in [-0.4, -0.2) is 58.2 Å². The average Bonchev–Trinajstić information content (AvgIpc) is 3.26. The van der Waals surface area contributed by atoms with Gasteiger partial charge in [-0.05, 0) is 22.8 Å². The van der Waals surface area contributed by atoms with E-state index in [4.69, 9.17) is 9.72 Å². The van der Waals surface area contributed by atoms with Crippen LogP contribution in [0.25, 0.3) is 21.8 Å². The molecule has 0 fully saturated rings.